The first-order valence-corrected chi connectivity index (χ1v) is 4.24. The lowest BCUT2D eigenvalue weighted by molar-refractivity contribution is 0.464. The molecule has 0 aromatic rings. The highest BCUT2D eigenvalue weighted by molar-refractivity contribution is 4.53. The highest BCUT2D eigenvalue weighted by Crippen LogP contribution is 2.07. The zero-order chi connectivity index (χ0) is 7.82. The molecule has 0 bridgehead atoms. The van der Waals surface area contributed by atoms with E-state index in [-0.39, 0.29) is 0 Å². The van der Waals surface area contributed by atoms with Crippen LogP contribution in [-0.2, 0) is 0 Å². The maximum absolute atomic E-state index is 5.18. The van der Waals surface area contributed by atoms with E-state index in [1.54, 1.807) is 0 Å². The Kier molecular flexibility index (Phi) is 6.98. The molecule has 0 aliphatic carbocycles. The van der Waals surface area contributed by atoms with Crippen molar-refractivity contribution in [3.63, 3.8) is 0 Å². The first-order valence-electron chi connectivity index (χ1n) is 4.24. The molecule has 0 aliphatic heterocycles. The first-order chi connectivity index (χ1) is 4.81. The molecule has 0 saturated heterocycles. The molecule has 0 aromatic heterocycles. The third-order valence-electron chi connectivity index (χ3n) is 1.77. The van der Waals surface area contributed by atoms with Crippen LogP contribution in [0.15, 0.2) is 0 Å². The number of hydrazine groups is 1. The lowest BCUT2D eigenvalue weighted by Crippen LogP contribution is -2.27. The second kappa shape index (κ2) is 7.03. The summed E-state index contributed by atoms with van der Waals surface area (Å²) in [6.07, 6.45) is 5.31. The van der Waals surface area contributed by atoms with Crippen molar-refractivity contribution in [2.45, 2.75) is 39.5 Å². The van der Waals surface area contributed by atoms with E-state index in [9.17, 15) is 0 Å². The van der Waals surface area contributed by atoms with E-state index in [1.165, 1.54) is 25.7 Å². The predicted molar refractivity (Wildman–Crippen MR) is 45.5 cm³/mol. The standard InChI is InChI=1S/C8H20N2/c1-3-4-5-6-8(2)7-10-9/h8,10H,3-7,9H2,1-2H3. The van der Waals surface area contributed by atoms with E-state index in [2.05, 4.69) is 19.3 Å². The van der Waals surface area contributed by atoms with Crippen molar-refractivity contribution in [2.75, 3.05) is 6.54 Å². The zero-order valence-electron chi connectivity index (χ0n) is 7.19. The summed E-state index contributed by atoms with van der Waals surface area (Å²) >= 11 is 0. The van der Waals surface area contributed by atoms with Gasteiger partial charge in [0.25, 0.3) is 0 Å². The number of nitrogens with two attached hydrogens (primary N) is 1. The molecule has 1 atom stereocenters. The minimum atomic E-state index is 0.733. The number of rotatable bonds is 6. The van der Waals surface area contributed by atoms with Gasteiger partial charge in [0, 0.05) is 6.54 Å². The minimum absolute atomic E-state index is 0.733. The van der Waals surface area contributed by atoms with Gasteiger partial charge in [0.15, 0.2) is 0 Å². The Morgan fingerprint density at radius 3 is 2.60 bits per heavy atom. The van der Waals surface area contributed by atoms with Crippen molar-refractivity contribution in [1.29, 1.82) is 0 Å². The summed E-state index contributed by atoms with van der Waals surface area (Å²) in [5.41, 5.74) is 2.69. The summed E-state index contributed by atoms with van der Waals surface area (Å²) < 4.78 is 0. The SMILES string of the molecule is CCCCCC(C)CNN. The van der Waals surface area contributed by atoms with E-state index < -0.39 is 0 Å². The molecule has 0 radical (unpaired) electrons. The predicted octanol–water partition coefficient (Wildman–Crippen LogP) is 1.67. The first kappa shape index (κ1) is 9.92. The lowest BCUT2D eigenvalue weighted by atomic mass is 10.0. The van der Waals surface area contributed by atoms with Crippen LogP contribution in [0.4, 0.5) is 0 Å². The Bertz CT molecular complexity index is 64.3. The monoisotopic (exact) mass is 144 g/mol. The van der Waals surface area contributed by atoms with Gasteiger partial charge in [-0.15, -0.1) is 0 Å². The van der Waals surface area contributed by atoms with Crippen LogP contribution in [-0.4, -0.2) is 6.54 Å². The van der Waals surface area contributed by atoms with Crippen molar-refractivity contribution in [2.24, 2.45) is 11.8 Å². The van der Waals surface area contributed by atoms with Crippen LogP contribution < -0.4 is 11.3 Å². The maximum Gasteiger partial charge on any atom is 0.0123 e. The second-order valence-electron chi connectivity index (χ2n) is 3.01. The summed E-state index contributed by atoms with van der Waals surface area (Å²) in [4.78, 5) is 0. The normalized spacial score (nSPS) is 13.5. The topological polar surface area (TPSA) is 38.0 Å². The van der Waals surface area contributed by atoms with Crippen molar-refractivity contribution >= 4 is 0 Å². The maximum atomic E-state index is 5.18. The smallest absolute Gasteiger partial charge is 0.0123 e. The van der Waals surface area contributed by atoms with Crippen LogP contribution in [0, 0.1) is 5.92 Å². The van der Waals surface area contributed by atoms with E-state index in [4.69, 9.17) is 5.84 Å². The average molecular weight is 144 g/mol. The van der Waals surface area contributed by atoms with Gasteiger partial charge in [0.2, 0.25) is 0 Å². The lowest BCUT2D eigenvalue weighted by Gasteiger charge is -2.08. The van der Waals surface area contributed by atoms with Crippen molar-refractivity contribution in [1.82, 2.24) is 5.43 Å². The van der Waals surface area contributed by atoms with Crippen LogP contribution in [0.2, 0.25) is 0 Å². The van der Waals surface area contributed by atoms with Gasteiger partial charge in [-0.1, -0.05) is 33.1 Å². The number of unbranched alkanes of at least 4 members (excludes halogenated alkanes) is 2. The van der Waals surface area contributed by atoms with E-state index in [0.717, 1.165) is 12.5 Å². The molecule has 0 spiro atoms. The summed E-state index contributed by atoms with van der Waals surface area (Å²) in [7, 11) is 0. The van der Waals surface area contributed by atoms with Crippen molar-refractivity contribution < 1.29 is 0 Å². The molecule has 0 aliphatic rings. The van der Waals surface area contributed by atoms with Gasteiger partial charge >= 0.3 is 0 Å². The van der Waals surface area contributed by atoms with Gasteiger partial charge in [0.1, 0.15) is 0 Å². The third-order valence-corrected chi connectivity index (χ3v) is 1.77. The Labute approximate surface area is 64.2 Å². The van der Waals surface area contributed by atoms with E-state index in [1.807, 2.05) is 0 Å². The Morgan fingerprint density at radius 1 is 1.40 bits per heavy atom. The Morgan fingerprint density at radius 2 is 2.10 bits per heavy atom. The van der Waals surface area contributed by atoms with Crippen molar-refractivity contribution in [3.05, 3.63) is 0 Å². The molecule has 2 nitrogen and oxygen atoms in total. The molecule has 10 heavy (non-hydrogen) atoms. The largest absolute Gasteiger partial charge is 0.271 e. The number of hydrogen-bond acceptors (Lipinski definition) is 2. The average Bonchev–Trinajstić information content (AvgIpc) is 1.89. The molecule has 3 N–H and O–H groups in total. The fourth-order valence-electron chi connectivity index (χ4n) is 1.05. The van der Waals surface area contributed by atoms with Gasteiger partial charge in [-0.25, -0.2) is 0 Å². The summed E-state index contributed by atoms with van der Waals surface area (Å²) in [6.45, 7) is 5.41. The van der Waals surface area contributed by atoms with E-state index >= 15 is 0 Å². The fourth-order valence-corrected chi connectivity index (χ4v) is 1.05. The summed E-state index contributed by atoms with van der Waals surface area (Å²) in [5.74, 6) is 5.92. The Balaban J connectivity index is 2.97. The van der Waals surface area contributed by atoms with Crippen LogP contribution >= 0.6 is 0 Å². The minimum Gasteiger partial charge on any atom is -0.271 e. The van der Waals surface area contributed by atoms with Crippen LogP contribution in [0.1, 0.15) is 39.5 Å². The molecule has 0 heterocycles. The van der Waals surface area contributed by atoms with E-state index in [0.29, 0.717) is 0 Å². The Hall–Kier alpha value is -0.0800. The molecule has 0 rings (SSSR count). The quantitative estimate of drug-likeness (QED) is 0.338. The molecule has 0 aromatic carbocycles. The molecule has 0 amide bonds. The van der Waals surface area contributed by atoms with Crippen LogP contribution in [0.3, 0.4) is 0 Å². The molecular weight excluding hydrogens is 124 g/mol. The van der Waals surface area contributed by atoms with Crippen LogP contribution in [0.5, 0.6) is 0 Å². The van der Waals surface area contributed by atoms with Crippen molar-refractivity contribution in [3.8, 4) is 0 Å². The molecular formula is C8H20N2. The van der Waals surface area contributed by atoms with Crippen LogP contribution in [0.25, 0.3) is 0 Å². The highest BCUT2D eigenvalue weighted by Gasteiger charge is 1.98. The second-order valence-corrected chi connectivity index (χ2v) is 3.01. The number of nitrogens with one attached hydrogen (secondary N) is 1. The van der Waals surface area contributed by atoms with Gasteiger partial charge < -0.3 is 0 Å². The van der Waals surface area contributed by atoms with Gasteiger partial charge in [-0.05, 0) is 12.3 Å². The van der Waals surface area contributed by atoms with Gasteiger partial charge in [-0.3, -0.25) is 11.3 Å². The summed E-state index contributed by atoms with van der Waals surface area (Å²) in [6, 6.07) is 0. The fraction of sp³-hybridized carbons (Fsp3) is 1.00. The van der Waals surface area contributed by atoms with Gasteiger partial charge in [0.05, 0.1) is 0 Å². The molecule has 62 valence electrons. The zero-order valence-corrected chi connectivity index (χ0v) is 7.19. The van der Waals surface area contributed by atoms with Gasteiger partial charge in [-0.2, -0.15) is 0 Å². The molecule has 0 fully saturated rings. The molecule has 0 saturated carbocycles. The molecule has 1 unspecified atom stereocenters. The number of hydrogen-bond donors (Lipinski definition) is 2. The summed E-state index contributed by atoms with van der Waals surface area (Å²) in [5, 5.41) is 0. The third kappa shape index (κ3) is 6.05. The molecule has 2 heteroatoms. The highest BCUT2D eigenvalue weighted by atomic mass is 15.2.